The van der Waals surface area contributed by atoms with Gasteiger partial charge in [-0.2, -0.15) is 0 Å². The molecule has 1 aromatic heterocycles. The molecule has 5 nitrogen and oxygen atoms in total. The molecule has 3 N–H and O–H groups in total. The number of hydrogen-bond donors (Lipinski definition) is 3. The van der Waals surface area contributed by atoms with Gasteiger partial charge in [0.05, 0.1) is 16.1 Å². The molecule has 9 heteroatoms. The van der Waals surface area contributed by atoms with Crippen LogP contribution in [0.3, 0.4) is 0 Å². The van der Waals surface area contributed by atoms with Crippen molar-refractivity contribution in [2.75, 3.05) is 5.32 Å². The van der Waals surface area contributed by atoms with Gasteiger partial charge in [-0.05, 0) is 24.0 Å². The highest BCUT2D eigenvalue weighted by atomic mass is 35.5. The predicted octanol–water partition coefficient (Wildman–Crippen LogP) is 0.694. The van der Waals surface area contributed by atoms with Crippen molar-refractivity contribution in [1.29, 1.82) is 0 Å². The molecule has 2 aromatic rings. The molecule has 0 aliphatic heterocycles. The number of anilines is 1. The van der Waals surface area contributed by atoms with E-state index in [2.05, 4.69) is 10.3 Å². The first-order chi connectivity index (χ1) is 9.04. The summed E-state index contributed by atoms with van der Waals surface area (Å²) in [4.78, 5) is 15.8. The molecule has 0 unspecified atom stereocenters. The number of nitrogens with one attached hydrogen (secondary N) is 1. The van der Waals surface area contributed by atoms with Crippen LogP contribution in [0.1, 0.15) is 6.42 Å². The molecule has 0 radical (unpaired) electrons. The van der Waals surface area contributed by atoms with E-state index < -0.39 is 19.2 Å². The minimum absolute atomic E-state index is 0. The second kappa shape index (κ2) is 5.65. The Kier molecular flexibility index (Phi) is 4.29. The molecule has 1 aliphatic rings. The fraction of sp³-hybridized carbons (Fsp3) is 0.273. The predicted molar refractivity (Wildman–Crippen MR) is 78.3 cm³/mol. The van der Waals surface area contributed by atoms with Crippen LogP contribution in [0.2, 0.25) is 0 Å². The molecule has 1 aromatic carbocycles. The van der Waals surface area contributed by atoms with Crippen LogP contribution in [0.15, 0.2) is 18.2 Å². The summed E-state index contributed by atoms with van der Waals surface area (Å²) in [5.41, 5.74) is 1.01. The average molecular weight is 317 g/mol. The summed E-state index contributed by atoms with van der Waals surface area (Å²) in [6, 6.07) is 4.80. The lowest BCUT2D eigenvalue weighted by molar-refractivity contribution is -0.117. The molecule has 1 fully saturated rings. The fourth-order valence-electron chi connectivity index (χ4n) is 1.79. The number of alkyl halides is 1. The number of amides is 1. The average Bonchev–Trinajstić information content (AvgIpc) is 2.96. The monoisotopic (exact) mass is 316 g/mol. The summed E-state index contributed by atoms with van der Waals surface area (Å²) in [6.07, 6.45) is -0.761. The summed E-state index contributed by atoms with van der Waals surface area (Å²) in [5, 5.41) is 21.1. The molecular formula is C11H11BClFN2O3S. The molecule has 1 saturated carbocycles. The Balaban J connectivity index is 0.00000147. The molecule has 2 atom stereocenters. The van der Waals surface area contributed by atoms with Gasteiger partial charge >= 0.3 is 7.12 Å². The van der Waals surface area contributed by atoms with Crippen LogP contribution in [0.4, 0.5) is 9.52 Å². The lowest BCUT2D eigenvalue weighted by Crippen LogP contribution is -2.29. The largest absolute Gasteiger partial charge is 0.488 e. The van der Waals surface area contributed by atoms with Gasteiger partial charge in [0.15, 0.2) is 5.13 Å². The maximum absolute atomic E-state index is 12.7. The van der Waals surface area contributed by atoms with Crippen LogP contribution in [-0.2, 0) is 4.79 Å². The zero-order chi connectivity index (χ0) is 13.6. The fourth-order valence-corrected chi connectivity index (χ4v) is 2.71. The maximum atomic E-state index is 12.7. The Morgan fingerprint density at radius 2 is 2.20 bits per heavy atom. The second-order valence-corrected chi connectivity index (χ2v) is 5.50. The van der Waals surface area contributed by atoms with Crippen molar-refractivity contribution >= 4 is 57.6 Å². The number of halogens is 2. The SMILES string of the molecule is Cl.O=C(Nc1nc2ccc(B(O)O)cc2s1)[C@@H]1C[C@@H]1F. The van der Waals surface area contributed by atoms with Crippen LogP contribution in [0, 0.1) is 5.92 Å². The quantitative estimate of drug-likeness (QED) is 0.728. The van der Waals surface area contributed by atoms with Gasteiger partial charge in [-0.3, -0.25) is 4.79 Å². The van der Waals surface area contributed by atoms with Crippen LogP contribution < -0.4 is 10.8 Å². The smallest absolute Gasteiger partial charge is 0.423 e. The van der Waals surface area contributed by atoms with E-state index in [0.29, 0.717) is 16.1 Å². The van der Waals surface area contributed by atoms with Crippen LogP contribution in [0.5, 0.6) is 0 Å². The number of benzene rings is 1. The highest BCUT2D eigenvalue weighted by Gasteiger charge is 2.43. The van der Waals surface area contributed by atoms with E-state index in [-0.39, 0.29) is 24.7 Å². The highest BCUT2D eigenvalue weighted by molar-refractivity contribution is 7.22. The van der Waals surface area contributed by atoms with Gasteiger partial charge in [-0.1, -0.05) is 17.4 Å². The van der Waals surface area contributed by atoms with Gasteiger partial charge in [0, 0.05) is 0 Å². The van der Waals surface area contributed by atoms with Crippen molar-refractivity contribution in [2.24, 2.45) is 5.92 Å². The van der Waals surface area contributed by atoms with Gasteiger partial charge in [0.25, 0.3) is 0 Å². The summed E-state index contributed by atoms with van der Waals surface area (Å²) >= 11 is 1.22. The summed E-state index contributed by atoms with van der Waals surface area (Å²) < 4.78 is 13.5. The molecule has 20 heavy (non-hydrogen) atoms. The van der Waals surface area contributed by atoms with E-state index in [9.17, 15) is 9.18 Å². The Labute approximate surface area is 124 Å². The standard InChI is InChI=1S/C11H10BFN2O3S.ClH/c13-7-4-6(7)10(16)15-11-14-8-2-1-5(12(17)18)3-9(8)19-11;/h1-3,6-7,17-18H,4H2,(H,14,15,16);1H/t6-,7+;/m1./s1. The molecule has 1 aliphatic carbocycles. The van der Waals surface area contributed by atoms with Crippen molar-refractivity contribution in [3.63, 3.8) is 0 Å². The van der Waals surface area contributed by atoms with Gasteiger partial charge in [0.2, 0.25) is 5.91 Å². The molecule has 0 spiro atoms. The molecule has 0 bridgehead atoms. The van der Waals surface area contributed by atoms with Gasteiger partial charge in [0.1, 0.15) is 6.17 Å². The van der Waals surface area contributed by atoms with Crippen molar-refractivity contribution < 1.29 is 19.2 Å². The third-order valence-corrected chi connectivity index (χ3v) is 3.92. The Morgan fingerprint density at radius 1 is 1.50 bits per heavy atom. The first-order valence-electron chi connectivity index (χ1n) is 5.76. The Hall–Kier alpha value is -1.22. The number of rotatable bonds is 3. The van der Waals surface area contributed by atoms with E-state index in [0.717, 1.165) is 4.70 Å². The molecule has 1 amide bonds. The number of carbonyl (C=O) groups excluding carboxylic acids is 1. The summed E-state index contributed by atoms with van der Waals surface area (Å²) in [7, 11) is -1.54. The molecule has 3 rings (SSSR count). The molecule has 1 heterocycles. The van der Waals surface area contributed by atoms with E-state index >= 15 is 0 Å². The number of aromatic nitrogens is 1. The van der Waals surface area contributed by atoms with Crippen LogP contribution >= 0.6 is 23.7 Å². The van der Waals surface area contributed by atoms with E-state index in [1.54, 1.807) is 18.2 Å². The second-order valence-electron chi connectivity index (χ2n) is 4.47. The van der Waals surface area contributed by atoms with Crippen LogP contribution in [0.25, 0.3) is 10.2 Å². The van der Waals surface area contributed by atoms with E-state index in [4.69, 9.17) is 10.0 Å². The minimum Gasteiger partial charge on any atom is -0.423 e. The lowest BCUT2D eigenvalue weighted by atomic mass is 9.80. The number of hydrogen-bond acceptors (Lipinski definition) is 5. The Bertz CT molecular complexity index is 654. The van der Waals surface area contributed by atoms with Gasteiger partial charge in [-0.25, -0.2) is 9.37 Å². The summed E-state index contributed by atoms with van der Waals surface area (Å²) in [5.74, 6) is -0.907. The molecule has 0 saturated heterocycles. The third-order valence-electron chi connectivity index (χ3n) is 2.99. The number of carbonyl (C=O) groups is 1. The molecule has 106 valence electrons. The Morgan fingerprint density at radius 3 is 2.80 bits per heavy atom. The minimum atomic E-state index is -1.54. The van der Waals surface area contributed by atoms with Crippen molar-refractivity contribution in [3.05, 3.63) is 18.2 Å². The lowest BCUT2D eigenvalue weighted by Gasteiger charge is -1.97. The zero-order valence-electron chi connectivity index (χ0n) is 10.1. The van der Waals surface area contributed by atoms with E-state index in [1.807, 2.05) is 0 Å². The zero-order valence-corrected chi connectivity index (χ0v) is 11.7. The highest BCUT2D eigenvalue weighted by Crippen LogP contribution is 2.35. The van der Waals surface area contributed by atoms with Crippen LogP contribution in [-0.4, -0.2) is 34.2 Å². The van der Waals surface area contributed by atoms with Gasteiger partial charge in [-0.15, -0.1) is 12.4 Å². The maximum Gasteiger partial charge on any atom is 0.488 e. The van der Waals surface area contributed by atoms with E-state index in [1.165, 1.54) is 11.3 Å². The van der Waals surface area contributed by atoms with Crippen molar-refractivity contribution in [3.8, 4) is 0 Å². The third kappa shape index (κ3) is 2.93. The number of fused-ring (bicyclic) bond motifs is 1. The molecular weight excluding hydrogens is 305 g/mol. The normalized spacial score (nSPS) is 20.4. The number of nitrogens with zero attached hydrogens (tertiary/aromatic N) is 1. The van der Waals surface area contributed by atoms with Gasteiger partial charge < -0.3 is 15.4 Å². The van der Waals surface area contributed by atoms with Crippen molar-refractivity contribution in [2.45, 2.75) is 12.6 Å². The van der Waals surface area contributed by atoms with Crippen molar-refractivity contribution in [1.82, 2.24) is 4.98 Å². The number of thiazole rings is 1. The summed E-state index contributed by atoms with van der Waals surface area (Å²) in [6.45, 7) is 0. The first kappa shape index (κ1) is 15.2. The topological polar surface area (TPSA) is 82.5 Å². The first-order valence-corrected chi connectivity index (χ1v) is 6.58.